The number of anilines is 1. The fourth-order valence-corrected chi connectivity index (χ4v) is 4.26. The van der Waals surface area contributed by atoms with E-state index in [2.05, 4.69) is 15.0 Å². The van der Waals surface area contributed by atoms with Crippen LogP contribution in [0, 0.1) is 0 Å². The highest BCUT2D eigenvalue weighted by Gasteiger charge is 2.18. The molecule has 0 unspecified atom stereocenters. The van der Waals surface area contributed by atoms with E-state index >= 15 is 0 Å². The van der Waals surface area contributed by atoms with Crippen molar-refractivity contribution in [3.8, 4) is 5.75 Å². The number of fused-ring (bicyclic) bond motifs is 1. The smallest absolute Gasteiger partial charge is 0.295 e. The van der Waals surface area contributed by atoms with Crippen LogP contribution in [0.2, 0.25) is 5.02 Å². The standard InChI is InChI=1S/C23H16ClN3O4S/c24-16-10-12-17(13-11-16)32(30,31)27-20-14-21(22(28)19-9-5-4-8-18(19)20)25-26-23(29)15-6-2-1-3-7-15/h1-14,27-28H. The van der Waals surface area contributed by atoms with E-state index in [0.717, 1.165) is 0 Å². The van der Waals surface area contributed by atoms with Gasteiger partial charge >= 0.3 is 0 Å². The topological polar surface area (TPSA) is 108 Å². The molecule has 2 N–H and O–H groups in total. The molecule has 0 spiro atoms. The van der Waals surface area contributed by atoms with E-state index in [1.165, 1.54) is 30.3 Å². The average molecular weight is 466 g/mol. The van der Waals surface area contributed by atoms with Crippen molar-refractivity contribution in [2.45, 2.75) is 4.90 Å². The van der Waals surface area contributed by atoms with E-state index in [-0.39, 0.29) is 22.0 Å². The summed E-state index contributed by atoms with van der Waals surface area (Å²) < 4.78 is 28.3. The van der Waals surface area contributed by atoms with Crippen LogP contribution in [0.4, 0.5) is 11.4 Å². The van der Waals surface area contributed by atoms with Gasteiger partial charge in [0.25, 0.3) is 15.9 Å². The van der Waals surface area contributed by atoms with Crippen LogP contribution in [0.5, 0.6) is 5.75 Å². The number of azo groups is 1. The van der Waals surface area contributed by atoms with Gasteiger partial charge in [-0.3, -0.25) is 9.52 Å². The molecule has 32 heavy (non-hydrogen) atoms. The lowest BCUT2D eigenvalue weighted by atomic mass is 10.1. The van der Waals surface area contributed by atoms with Crippen molar-refractivity contribution in [3.05, 3.63) is 95.5 Å². The number of carbonyl (C=O) groups is 1. The van der Waals surface area contributed by atoms with Gasteiger partial charge in [0.1, 0.15) is 5.69 Å². The first-order chi connectivity index (χ1) is 15.3. The molecule has 0 fully saturated rings. The normalized spacial score (nSPS) is 11.7. The number of carbonyl (C=O) groups excluding carboxylic acids is 1. The summed E-state index contributed by atoms with van der Waals surface area (Å²) in [6.07, 6.45) is 0. The second kappa shape index (κ2) is 8.78. The minimum atomic E-state index is -3.95. The quantitative estimate of drug-likeness (QED) is 0.281. The Morgan fingerprint density at radius 3 is 2.19 bits per heavy atom. The van der Waals surface area contributed by atoms with Crippen molar-refractivity contribution in [1.82, 2.24) is 0 Å². The van der Waals surface area contributed by atoms with Crippen LogP contribution in [0.3, 0.4) is 0 Å². The summed E-state index contributed by atoms with van der Waals surface area (Å²) in [7, 11) is -3.95. The van der Waals surface area contributed by atoms with Crippen molar-refractivity contribution in [3.63, 3.8) is 0 Å². The van der Waals surface area contributed by atoms with Gasteiger partial charge in [0.15, 0.2) is 5.75 Å². The number of phenolic OH excluding ortho intramolecular Hbond substituents is 1. The molecule has 1 amide bonds. The maximum atomic E-state index is 12.9. The molecule has 4 aromatic carbocycles. The molecular formula is C23H16ClN3O4S. The summed E-state index contributed by atoms with van der Waals surface area (Å²) in [5, 5.41) is 19.4. The predicted molar refractivity (Wildman–Crippen MR) is 123 cm³/mol. The number of rotatable bonds is 5. The third kappa shape index (κ3) is 4.46. The Balaban J connectivity index is 1.76. The molecule has 4 rings (SSSR count). The fourth-order valence-electron chi connectivity index (χ4n) is 3.06. The third-order valence-electron chi connectivity index (χ3n) is 4.63. The van der Waals surface area contributed by atoms with E-state index in [1.54, 1.807) is 54.6 Å². The molecular weight excluding hydrogens is 450 g/mol. The minimum absolute atomic E-state index is 0.0153. The molecule has 0 bridgehead atoms. The maximum absolute atomic E-state index is 12.9. The van der Waals surface area contributed by atoms with Crippen molar-refractivity contribution in [2.75, 3.05) is 4.72 Å². The van der Waals surface area contributed by atoms with E-state index < -0.39 is 15.9 Å². The zero-order valence-corrected chi connectivity index (χ0v) is 18.0. The van der Waals surface area contributed by atoms with Crippen LogP contribution in [0.15, 0.2) is 100 Å². The molecule has 9 heteroatoms. The van der Waals surface area contributed by atoms with E-state index in [9.17, 15) is 18.3 Å². The first-order valence-corrected chi connectivity index (χ1v) is 11.3. The molecule has 0 aliphatic heterocycles. The van der Waals surface area contributed by atoms with Crippen LogP contribution in [-0.2, 0) is 10.0 Å². The zero-order chi connectivity index (χ0) is 22.7. The van der Waals surface area contributed by atoms with E-state index in [1.807, 2.05) is 0 Å². The molecule has 0 saturated heterocycles. The molecule has 0 heterocycles. The lowest BCUT2D eigenvalue weighted by Crippen LogP contribution is -2.13. The van der Waals surface area contributed by atoms with Gasteiger partial charge in [0.05, 0.1) is 10.6 Å². The van der Waals surface area contributed by atoms with Gasteiger partial charge in [-0.05, 0) is 42.5 Å². The van der Waals surface area contributed by atoms with E-state index in [0.29, 0.717) is 21.4 Å². The lowest BCUT2D eigenvalue weighted by Gasteiger charge is -2.13. The van der Waals surface area contributed by atoms with Gasteiger partial charge < -0.3 is 5.11 Å². The van der Waals surface area contributed by atoms with Crippen molar-refractivity contribution < 1.29 is 18.3 Å². The van der Waals surface area contributed by atoms with Crippen molar-refractivity contribution >= 4 is 49.7 Å². The Morgan fingerprint density at radius 2 is 1.50 bits per heavy atom. The molecule has 0 aromatic heterocycles. The Morgan fingerprint density at radius 1 is 0.875 bits per heavy atom. The fraction of sp³-hybridized carbons (Fsp3) is 0. The first-order valence-electron chi connectivity index (χ1n) is 9.39. The number of hydrogen-bond acceptors (Lipinski definition) is 5. The number of benzene rings is 4. The number of sulfonamides is 1. The van der Waals surface area contributed by atoms with Crippen LogP contribution < -0.4 is 4.72 Å². The second-order valence-electron chi connectivity index (χ2n) is 6.77. The van der Waals surface area contributed by atoms with Crippen molar-refractivity contribution in [2.24, 2.45) is 10.2 Å². The zero-order valence-electron chi connectivity index (χ0n) is 16.4. The highest BCUT2D eigenvalue weighted by atomic mass is 35.5. The molecule has 0 aliphatic carbocycles. The maximum Gasteiger partial charge on any atom is 0.295 e. The highest BCUT2D eigenvalue weighted by Crippen LogP contribution is 2.40. The largest absolute Gasteiger partial charge is 0.505 e. The molecule has 0 radical (unpaired) electrons. The van der Waals surface area contributed by atoms with E-state index in [4.69, 9.17) is 11.6 Å². The number of aromatic hydroxyl groups is 1. The Bertz CT molecular complexity index is 1440. The van der Waals surface area contributed by atoms with Gasteiger partial charge in [-0.1, -0.05) is 54.1 Å². The van der Waals surface area contributed by atoms with Gasteiger partial charge in [0, 0.05) is 21.4 Å². The molecule has 7 nitrogen and oxygen atoms in total. The third-order valence-corrected chi connectivity index (χ3v) is 6.27. The molecule has 0 atom stereocenters. The molecule has 160 valence electrons. The van der Waals surface area contributed by atoms with Crippen molar-refractivity contribution in [1.29, 1.82) is 0 Å². The van der Waals surface area contributed by atoms with Gasteiger partial charge in [-0.25, -0.2) is 8.42 Å². The number of hydrogen-bond donors (Lipinski definition) is 2. The minimum Gasteiger partial charge on any atom is -0.505 e. The molecule has 4 aromatic rings. The number of nitrogens with one attached hydrogen (secondary N) is 1. The van der Waals surface area contributed by atoms with Gasteiger partial charge in [0.2, 0.25) is 0 Å². The summed E-state index contributed by atoms with van der Waals surface area (Å²) in [6, 6.07) is 22.0. The summed E-state index contributed by atoms with van der Waals surface area (Å²) >= 11 is 5.85. The summed E-state index contributed by atoms with van der Waals surface area (Å²) in [4.78, 5) is 12.3. The second-order valence-corrected chi connectivity index (χ2v) is 8.89. The van der Waals surface area contributed by atoms with Crippen LogP contribution in [0.1, 0.15) is 10.4 Å². The average Bonchev–Trinajstić information content (AvgIpc) is 2.80. The number of phenols is 1. The summed E-state index contributed by atoms with van der Waals surface area (Å²) in [6.45, 7) is 0. The van der Waals surface area contributed by atoms with Gasteiger partial charge in [-0.15, -0.1) is 10.2 Å². The Hall–Kier alpha value is -3.75. The SMILES string of the molecule is O=C(N=Nc1cc(NS(=O)(=O)c2ccc(Cl)cc2)c2ccccc2c1O)c1ccccc1. The number of nitrogens with zero attached hydrogens (tertiary/aromatic N) is 2. The van der Waals surface area contributed by atoms with Crippen LogP contribution >= 0.6 is 11.6 Å². The Kier molecular flexibility index (Phi) is 5.89. The highest BCUT2D eigenvalue weighted by molar-refractivity contribution is 7.92. The summed E-state index contributed by atoms with van der Waals surface area (Å²) in [5.41, 5.74) is 0.455. The predicted octanol–water partition coefficient (Wildman–Crippen LogP) is 5.92. The van der Waals surface area contributed by atoms with Gasteiger partial charge in [-0.2, -0.15) is 0 Å². The van der Waals surface area contributed by atoms with Crippen LogP contribution in [-0.4, -0.2) is 19.4 Å². The molecule has 0 aliphatic rings. The molecule has 0 saturated carbocycles. The Labute approximate surface area is 189 Å². The lowest BCUT2D eigenvalue weighted by molar-refractivity contribution is 0.0995. The first kappa shape index (κ1) is 21.5. The number of halogens is 1. The number of amides is 1. The monoisotopic (exact) mass is 465 g/mol. The summed E-state index contributed by atoms with van der Waals surface area (Å²) in [5.74, 6) is -0.818. The van der Waals surface area contributed by atoms with Crippen LogP contribution in [0.25, 0.3) is 10.8 Å².